The number of sulfonamides is 1. The molecule has 0 radical (unpaired) electrons. The van der Waals surface area contributed by atoms with Crippen molar-refractivity contribution in [3.05, 3.63) is 42.9 Å². The number of hydrogen-bond acceptors (Lipinski definition) is 5. The molecular formula is C11H12N4O2S. The smallest absolute Gasteiger partial charge is 0.267 e. The van der Waals surface area contributed by atoms with Gasteiger partial charge in [0.25, 0.3) is 10.0 Å². The van der Waals surface area contributed by atoms with Crippen molar-refractivity contribution in [3.63, 3.8) is 0 Å². The summed E-state index contributed by atoms with van der Waals surface area (Å²) >= 11 is 0. The van der Waals surface area contributed by atoms with Crippen LogP contribution in [0.3, 0.4) is 0 Å². The van der Waals surface area contributed by atoms with Crippen LogP contribution in [-0.4, -0.2) is 25.4 Å². The Morgan fingerprint density at radius 1 is 1.22 bits per heavy atom. The van der Waals surface area contributed by atoms with E-state index in [-0.39, 0.29) is 10.7 Å². The molecule has 0 aliphatic carbocycles. The summed E-state index contributed by atoms with van der Waals surface area (Å²) in [7, 11) is -2.27. The van der Waals surface area contributed by atoms with E-state index in [9.17, 15) is 8.42 Å². The zero-order valence-electron chi connectivity index (χ0n) is 9.69. The maximum Gasteiger partial charge on any atom is 0.267 e. The van der Waals surface area contributed by atoms with Crippen molar-refractivity contribution in [1.29, 1.82) is 0 Å². The predicted molar refractivity (Wildman–Crippen MR) is 68.5 cm³/mol. The van der Waals surface area contributed by atoms with E-state index in [4.69, 9.17) is 5.73 Å². The fraction of sp³-hybridized carbons (Fsp3) is 0.0909. The van der Waals surface area contributed by atoms with Gasteiger partial charge in [0, 0.05) is 19.4 Å². The van der Waals surface area contributed by atoms with E-state index in [1.165, 1.54) is 31.6 Å². The van der Waals surface area contributed by atoms with Crippen LogP contribution in [0.25, 0.3) is 0 Å². The Kier molecular flexibility index (Phi) is 3.15. The lowest BCUT2D eigenvalue weighted by Crippen LogP contribution is -2.27. The molecule has 0 atom stereocenters. The Morgan fingerprint density at radius 3 is 2.56 bits per heavy atom. The van der Waals surface area contributed by atoms with Crippen molar-refractivity contribution in [2.45, 2.75) is 4.90 Å². The average Bonchev–Trinajstić information content (AvgIpc) is 2.39. The van der Waals surface area contributed by atoms with Crippen molar-refractivity contribution in [1.82, 2.24) is 9.97 Å². The van der Waals surface area contributed by atoms with E-state index in [1.54, 1.807) is 18.3 Å². The zero-order chi connectivity index (χ0) is 13.2. The number of anilines is 2. The minimum absolute atomic E-state index is 0.0173. The van der Waals surface area contributed by atoms with Gasteiger partial charge in [-0.15, -0.1) is 0 Å². The second-order valence-electron chi connectivity index (χ2n) is 3.57. The first-order chi connectivity index (χ1) is 8.53. The largest absolute Gasteiger partial charge is 0.383 e. The summed E-state index contributed by atoms with van der Waals surface area (Å²) in [4.78, 5) is 7.64. The molecule has 0 aliphatic rings. The first-order valence-corrected chi connectivity index (χ1v) is 6.57. The maximum absolute atomic E-state index is 12.3. The van der Waals surface area contributed by atoms with Crippen LogP contribution in [0.4, 0.5) is 11.5 Å². The molecule has 0 unspecified atom stereocenters. The summed E-state index contributed by atoms with van der Waals surface area (Å²) < 4.78 is 25.8. The van der Waals surface area contributed by atoms with Gasteiger partial charge in [-0.05, 0) is 24.3 Å². The fourth-order valence-corrected chi connectivity index (χ4v) is 2.70. The highest BCUT2D eigenvalue weighted by atomic mass is 32.2. The summed E-state index contributed by atoms with van der Waals surface area (Å²) in [6.07, 6.45) is 4.48. The van der Waals surface area contributed by atoms with E-state index >= 15 is 0 Å². The Bertz CT molecular complexity index is 643. The monoisotopic (exact) mass is 264 g/mol. The van der Waals surface area contributed by atoms with Crippen LogP contribution in [0.15, 0.2) is 47.8 Å². The van der Waals surface area contributed by atoms with Crippen LogP contribution >= 0.6 is 0 Å². The van der Waals surface area contributed by atoms with Gasteiger partial charge in [0.2, 0.25) is 0 Å². The molecule has 2 heterocycles. The van der Waals surface area contributed by atoms with Crippen molar-refractivity contribution < 1.29 is 8.42 Å². The van der Waals surface area contributed by atoms with Crippen molar-refractivity contribution in [3.8, 4) is 0 Å². The highest BCUT2D eigenvalue weighted by Gasteiger charge is 2.24. The molecule has 94 valence electrons. The molecule has 2 rings (SSSR count). The molecule has 2 aromatic rings. The molecule has 0 bridgehead atoms. The molecule has 0 saturated carbocycles. The van der Waals surface area contributed by atoms with E-state index in [2.05, 4.69) is 9.97 Å². The van der Waals surface area contributed by atoms with E-state index in [1.807, 2.05) is 0 Å². The van der Waals surface area contributed by atoms with E-state index < -0.39 is 10.0 Å². The molecule has 0 aromatic carbocycles. The Balaban J connectivity index is 2.48. The average molecular weight is 264 g/mol. The lowest BCUT2D eigenvalue weighted by Gasteiger charge is -2.19. The van der Waals surface area contributed by atoms with Gasteiger partial charge in [-0.2, -0.15) is 0 Å². The van der Waals surface area contributed by atoms with Crippen LogP contribution in [0.1, 0.15) is 0 Å². The molecule has 0 amide bonds. The van der Waals surface area contributed by atoms with Crippen LogP contribution in [0.5, 0.6) is 0 Å². The molecule has 6 nitrogen and oxygen atoms in total. The van der Waals surface area contributed by atoms with Gasteiger partial charge in [-0.3, -0.25) is 9.29 Å². The highest BCUT2D eigenvalue weighted by Crippen LogP contribution is 2.23. The third-order valence-electron chi connectivity index (χ3n) is 2.45. The number of aromatic nitrogens is 2. The molecule has 2 aromatic heterocycles. The topological polar surface area (TPSA) is 89.2 Å². The molecule has 0 aliphatic heterocycles. The van der Waals surface area contributed by atoms with Gasteiger partial charge >= 0.3 is 0 Å². The molecule has 0 saturated heterocycles. The number of nitrogens with zero attached hydrogens (tertiary/aromatic N) is 3. The van der Waals surface area contributed by atoms with Crippen LogP contribution in [-0.2, 0) is 10.0 Å². The van der Waals surface area contributed by atoms with Crippen LogP contribution in [0, 0.1) is 0 Å². The second kappa shape index (κ2) is 4.61. The number of nitrogen functional groups attached to an aromatic ring is 1. The van der Waals surface area contributed by atoms with Crippen LogP contribution in [0.2, 0.25) is 0 Å². The number of nitrogens with two attached hydrogens (primary N) is 1. The van der Waals surface area contributed by atoms with Crippen molar-refractivity contribution in [2.75, 3.05) is 17.1 Å². The van der Waals surface area contributed by atoms with Gasteiger partial charge in [-0.1, -0.05) is 0 Å². The van der Waals surface area contributed by atoms with Crippen molar-refractivity contribution >= 4 is 21.5 Å². The first-order valence-electron chi connectivity index (χ1n) is 5.13. The minimum atomic E-state index is -3.72. The molecule has 2 N–H and O–H groups in total. The first kappa shape index (κ1) is 12.3. The molecule has 0 spiro atoms. The van der Waals surface area contributed by atoms with Gasteiger partial charge < -0.3 is 5.73 Å². The molecule has 18 heavy (non-hydrogen) atoms. The maximum atomic E-state index is 12.3. The van der Waals surface area contributed by atoms with Gasteiger partial charge in [-0.25, -0.2) is 13.4 Å². The highest BCUT2D eigenvalue weighted by molar-refractivity contribution is 7.93. The summed E-state index contributed by atoms with van der Waals surface area (Å²) in [5.74, 6) is -0.0201. The van der Waals surface area contributed by atoms with Crippen LogP contribution < -0.4 is 10.0 Å². The van der Waals surface area contributed by atoms with Gasteiger partial charge in [0.15, 0.2) is 0 Å². The molecule has 0 fully saturated rings. The standard InChI is InChI=1S/C11H12N4O2S/c1-15(9-4-2-6-13-8-9)18(16,17)10-5-3-7-14-11(10)12/h2-8H,1H3,(H2,12,14). The third-order valence-corrected chi connectivity index (χ3v) is 4.28. The van der Waals surface area contributed by atoms with E-state index in [0.717, 1.165) is 4.31 Å². The Morgan fingerprint density at radius 2 is 1.94 bits per heavy atom. The summed E-state index contributed by atoms with van der Waals surface area (Å²) in [5.41, 5.74) is 6.05. The number of rotatable bonds is 3. The number of hydrogen-bond donors (Lipinski definition) is 1. The SMILES string of the molecule is CN(c1cccnc1)S(=O)(=O)c1cccnc1N. The Labute approximate surface area is 105 Å². The minimum Gasteiger partial charge on any atom is -0.383 e. The molecule has 7 heteroatoms. The Hall–Kier alpha value is -2.15. The second-order valence-corrected chi connectivity index (χ2v) is 5.51. The molecular weight excluding hydrogens is 252 g/mol. The lowest BCUT2D eigenvalue weighted by atomic mass is 10.4. The zero-order valence-corrected chi connectivity index (χ0v) is 10.5. The van der Waals surface area contributed by atoms with Gasteiger partial charge in [0.1, 0.15) is 10.7 Å². The summed E-state index contributed by atoms with van der Waals surface area (Å²) in [6.45, 7) is 0. The predicted octanol–water partition coefficient (Wildman–Crippen LogP) is 0.884. The fourth-order valence-electron chi connectivity index (χ4n) is 1.45. The lowest BCUT2D eigenvalue weighted by molar-refractivity contribution is 0.594. The normalized spacial score (nSPS) is 11.2. The van der Waals surface area contributed by atoms with E-state index in [0.29, 0.717) is 5.69 Å². The van der Waals surface area contributed by atoms with Crippen molar-refractivity contribution in [2.24, 2.45) is 0 Å². The third kappa shape index (κ3) is 2.12. The summed E-state index contributed by atoms with van der Waals surface area (Å²) in [6, 6.07) is 6.26. The summed E-state index contributed by atoms with van der Waals surface area (Å²) in [5, 5.41) is 0. The number of pyridine rings is 2. The van der Waals surface area contributed by atoms with Gasteiger partial charge in [0.05, 0.1) is 11.9 Å². The quantitative estimate of drug-likeness (QED) is 0.889.